The summed E-state index contributed by atoms with van der Waals surface area (Å²) in [5.41, 5.74) is 0.793. The molecule has 2 rings (SSSR count). The predicted octanol–water partition coefficient (Wildman–Crippen LogP) is 2.60. The fourth-order valence-electron chi connectivity index (χ4n) is 2.03. The molecule has 0 unspecified atom stereocenters. The summed E-state index contributed by atoms with van der Waals surface area (Å²) in [6.07, 6.45) is 1.74. The smallest absolute Gasteiger partial charge is 0.127 e. The molecule has 1 aliphatic rings. The minimum atomic E-state index is -0.377. The summed E-state index contributed by atoms with van der Waals surface area (Å²) in [4.78, 5) is 0. The minimum absolute atomic E-state index is 0.00211. The van der Waals surface area contributed by atoms with Crippen LogP contribution in [-0.4, -0.2) is 18.3 Å². The molecule has 1 saturated heterocycles. The van der Waals surface area contributed by atoms with Crippen molar-refractivity contribution >= 4 is 0 Å². The van der Waals surface area contributed by atoms with E-state index < -0.39 is 0 Å². The molecule has 2 nitrogen and oxygen atoms in total. The van der Waals surface area contributed by atoms with E-state index in [4.69, 9.17) is 4.74 Å². The maximum atomic E-state index is 13.2. The maximum Gasteiger partial charge on any atom is 0.127 e. The van der Waals surface area contributed by atoms with Gasteiger partial charge in [-0.2, -0.15) is 0 Å². The SMILES string of the molecule is CC1(c2cc(O)cc(F)c2)CCOCC1. The number of hydrogen-bond acceptors (Lipinski definition) is 2. The normalized spacial score (nSPS) is 20.1. The van der Waals surface area contributed by atoms with Gasteiger partial charge < -0.3 is 9.84 Å². The van der Waals surface area contributed by atoms with E-state index in [9.17, 15) is 9.50 Å². The average Bonchev–Trinajstić information content (AvgIpc) is 2.17. The Morgan fingerprint density at radius 3 is 2.53 bits per heavy atom. The quantitative estimate of drug-likeness (QED) is 0.772. The van der Waals surface area contributed by atoms with Crippen LogP contribution in [0.3, 0.4) is 0 Å². The summed E-state index contributed by atoms with van der Waals surface area (Å²) in [6.45, 7) is 3.49. The second kappa shape index (κ2) is 3.81. The summed E-state index contributed by atoms with van der Waals surface area (Å²) >= 11 is 0. The number of ether oxygens (including phenoxy) is 1. The molecule has 1 aliphatic heterocycles. The Balaban J connectivity index is 2.34. The molecule has 0 radical (unpaired) electrons. The molecule has 1 aromatic carbocycles. The first kappa shape index (κ1) is 10.4. The van der Waals surface area contributed by atoms with Gasteiger partial charge in [0.05, 0.1) is 0 Å². The van der Waals surface area contributed by atoms with Gasteiger partial charge in [-0.1, -0.05) is 6.92 Å². The third kappa shape index (κ3) is 2.12. The molecule has 1 aromatic rings. The van der Waals surface area contributed by atoms with Crippen LogP contribution < -0.4 is 0 Å². The van der Waals surface area contributed by atoms with Gasteiger partial charge in [0.2, 0.25) is 0 Å². The van der Waals surface area contributed by atoms with Gasteiger partial charge in [-0.05, 0) is 36.0 Å². The van der Waals surface area contributed by atoms with E-state index in [0.717, 1.165) is 24.5 Å². The van der Waals surface area contributed by atoms with Crippen molar-refractivity contribution in [2.45, 2.75) is 25.2 Å². The van der Waals surface area contributed by atoms with E-state index in [0.29, 0.717) is 13.2 Å². The molecule has 0 atom stereocenters. The lowest BCUT2D eigenvalue weighted by Crippen LogP contribution is -2.30. The number of benzene rings is 1. The number of rotatable bonds is 1. The number of halogens is 1. The monoisotopic (exact) mass is 210 g/mol. The third-order valence-electron chi connectivity index (χ3n) is 3.18. The Morgan fingerprint density at radius 1 is 1.27 bits per heavy atom. The summed E-state index contributed by atoms with van der Waals surface area (Å²) in [7, 11) is 0. The summed E-state index contributed by atoms with van der Waals surface area (Å²) in [6, 6.07) is 4.28. The molecule has 0 saturated carbocycles. The third-order valence-corrected chi connectivity index (χ3v) is 3.18. The molecule has 3 heteroatoms. The Hall–Kier alpha value is -1.09. The Kier molecular flexibility index (Phi) is 2.65. The number of hydrogen-bond donors (Lipinski definition) is 1. The van der Waals surface area contributed by atoms with Crippen molar-refractivity contribution in [3.8, 4) is 5.75 Å². The Morgan fingerprint density at radius 2 is 1.93 bits per heavy atom. The molecule has 1 N–H and O–H groups in total. The van der Waals surface area contributed by atoms with Crippen LogP contribution in [0.2, 0.25) is 0 Å². The molecule has 0 bridgehead atoms. The first-order valence-electron chi connectivity index (χ1n) is 5.18. The van der Waals surface area contributed by atoms with Gasteiger partial charge in [0, 0.05) is 19.3 Å². The first-order chi connectivity index (χ1) is 7.10. The lowest BCUT2D eigenvalue weighted by Gasteiger charge is -2.34. The van der Waals surface area contributed by atoms with E-state index >= 15 is 0 Å². The highest BCUT2D eigenvalue weighted by Crippen LogP contribution is 2.35. The zero-order chi connectivity index (χ0) is 10.9. The van der Waals surface area contributed by atoms with Crippen LogP contribution in [0.15, 0.2) is 18.2 Å². The molecule has 0 amide bonds. The summed E-state index contributed by atoms with van der Waals surface area (Å²) in [5.74, 6) is -0.379. The van der Waals surface area contributed by atoms with Crippen LogP contribution >= 0.6 is 0 Å². The number of phenolic OH excluding ortho intramolecular Hbond substituents is 1. The predicted molar refractivity (Wildman–Crippen MR) is 55.5 cm³/mol. The lowest BCUT2D eigenvalue weighted by molar-refractivity contribution is 0.0562. The van der Waals surface area contributed by atoms with Crippen molar-refractivity contribution < 1.29 is 14.2 Å². The first-order valence-corrected chi connectivity index (χ1v) is 5.18. The molecule has 1 heterocycles. The van der Waals surface area contributed by atoms with Gasteiger partial charge >= 0.3 is 0 Å². The van der Waals surface area contributed by atoms with Gasteiger partial charge in [0.15, 0.2) is 0 Å². The fraction of sp³-hybridized carbons (Fsp3) is 0.500. The largest absolute Gasteiger partial charge is 0.508 e. The van der Waals surface area contributed by atoms with Crippen molar-refractivity contribution in [2.75, 3.05) is 13.2 Å². The zero-order valence-electron chi connectivity index (χ0n) is 8.79. The van der Waals surface area contributed by atoms with Gasteiger partial charge in [-0.15, -0.1) is 0 Å². The molecule has 15 heavy (non-hydrogen) atoms. The van der Waals surface area contributed by atoms with Gasteiger partial charge in [0.1, 0.15) is 11.6 Å². The topological polar surface area (TPSA) is 29.5 Å². The van der Waals surface area contributed by atoms with Gasteiger partial charge in [0.25, 0.3) is 0 Å². The van der Waals surface area contributed by atoms with Crippen LogP contribution in [0.5, 0.6) is 5.75 Å². The Labute approximate surface area is 88.7 Å². The van der Waals surface area contributed by atoms with E-state index in [1.54, 1.807) is 6.07 Å². The summed E-state index contributed by atoms with van der Waals surface area (Å²) < 4.78 is 18.5. The highest BCUT2D eigenvalue weighted by Gasteiger charge is 2.29. The van der Waals surface area contributed by atoms with Crippen LogP contribution in [0.25, 0.3) is 0 Å². The molecule has 0 aliphatic carbocycles. The molecular formula is C12H15FO2. The van der Waals surface area contributed by atoms with Gasteiger partial charge in [-0.25, -0.2) is 4.39 Å². The van der Waals surface area contributed by atoms with E-state index in [-0.39, 0.29) is 17.0 Å². The standard InChI is InChI=1S/C12H15FO2/c1-12(2-4-15-5-3-12)9-6-10(13)8-11(14)7-9/h6-8,14H,2-5H2,1H3. The average molecular weight is 210 g/mol. The fourth-order valence-corrected chi connectivity index (χ4v) is 2.03. The van der Waals surface area contributed by atoms with Crippen molar-refractivity contribution in [3.63, 3.8) is 0 Å². The molecule has 0 spiro atoms. The van der Waals surface area contributed by atoms with Crippen molar-refractivity contribution in [3.05, 3.63) is 29.6 Å². The minimum Gasteiger partial charge on any atom is -0.508 e. The van der Waals surface area contributed by atoms with Gasteiger partial charge in [-0.3, -0.25) is 0 Å². The van der Waals surface area contributed by atoms with Crippen molar-refractivity contribution in [2.24, 2.45) is 0 Å². The second-order valence-electron chi connectivity index (χ2n) is 4.37. The number of aromatic hydroxyl groups is 1. The Bertz CT molecular complexity index is 336. The van der Waals surface area contributed by atoms with E-state index in [1.807, 2.05) is 0 Å². The highest BCUT2D eigenvalue weighted by atomic mass is 19.1. The van der Waals surface area contributed by atoms with Crippen LogP contribution in [0.4, 0.5) is 4.39 Å². The van der Waals surface area contributed by atoms with E-state index in [2.05, 4.69) is 6.92 Å². The molecular weight excluding hydrogens is 195 g/mol. The highest BCUT2D eigenvalue weighted by molar-refractivity contribution is 5.33. The van der Waals surface area contributed by atoms with E-state index in [1.165, 1.54) is 6.07 Å². The van der Waals surface area contributed by atoms with Crippen LogP contribution in [0, 0.1) is 5.82 Å². The van der Waals surface area contributed by atoms with Crippen LogP contribution in [-0.2, 0) is 10.2 Å². The second-order valence-corrected chi connectivity index (χ2v) is 4.37. The number of phenols is 1. The van der Waals surface area contributed by atoms with Crippen molar-refractivity contribution in [1.82, 2.24) is 0 Å². The van der Waals surface area contributed by atoms with Crippen LogP contribution in [0.1, 0.15) is 25.3 Å². The molecule has 82 valence electrons. The lowest BCUT2D eigenvalue weighted by atomic mass is 9.76. The molecule has 0 aromatic heterocycles. The summed E-state index contributed by atoms with van der Waals surface area (Å²) in [5, 5.41) is 9.37. The van der Waals surface area contributed by atoms with Crippen molar-refractivity contribution in [1.29, 1.82) is 0 Å². The molecule has 1 fully saturated rings. The zero-order valence-corrected chi connectivity index (χ0v) is 8.79. The maximum absolute atomic E-state index is 13.2.